The van der Waals surface area contributed by atoms with Crippen LogP contribution in [-0.4, -0.2) is 26.7 Å². The number of fused-ring (bicyclic) bond motifs is 1. The first-order valence-electron chi connectivity index (χ1n) is 8.22. The number of H-pyrrole nitrogens is 1. The smallest absolute Gasteiger partial charge is 0.269 e. The third-order valence-corrected chi connectivity index (χ3v) is 5.49. The van der Waals surface area contributed by atoms with E-state index < -0.39 is 10.8 Å². The molecule has 2 aromatic heterocycles. The van der Waals surface area contributed by atoms with Crippen molar-refractivity contribution in [1.29, 1.82) is 0 Å². The van der Waals surface area contributed by atoms with Crippen molar-refractivity contribution < 1.29 is 9.72 Å². The topological polar surface area (TPSA) is 113 Å². The molecule has 8 nitrogen and oxygen atoms in total. The molecular formula is C18H15N5O3S. The number of aromatic amines is 1. The molecule has 0 radical (unpaired) electrons. The number of rotatable bonds is 4. The van der Waals surface area contributed by atoms with Crippen LogP contribution in [0.15, 0.2) is 53.0 Å². The van der Waals surface area contributed by atoms with Gasteiger partial charge in [-0.15, -0.1) is 11.3 Å². The third-order valence-electron chi connectivity index (χ3n) is 4.53. The second-order valence-electron chi connectivity index (χ2n) is 6.19. The molecule has 2 unspecified atom stereocenters. The van der Waals surface area contributed by atoms with Crippen LogP contribution in [0.1, 0.15) is 23.3 Å². The molecule has 9 heteroatoms. The van der Waals surface area contributed by atoms with Gasteiger partial charge >= 0.3 is 0 Å². The molecule has 3 aromatic rings. The Hall–Kier alpha value is -3.33. The molecule has 0 fully saturated rings. The summed E-state index contributed by atoms with van der Waals surface area (Å²) in [6, 6.07) is 9.72. The normalized spacial score (nSPS) is 18.5. The molecule has 1 amide bonds. The molecule has 0 saturated carbocycles. The average molecular weight is 381 g/mol. The summed E-state index contributed by atoms with van der Waals surface area (Å²) in [7, 11) is 0. The zero-order valence-corrected chi connectivity index (χ0v) is 15.1. The van der Waals surface area contributed by atoms with Gasteiger partial charge in [0.1, 0.15) is 0 Å². The van der Waals surface area contributed by atoms with Gasteiger partial charge in [-0.3, -0.25) is 20.0 Å². The van der Waals surface area contributed by atoms with Gasteiger partial charge in [0.15, 0.2) is 5.82 Å². The number of nitrogens with zero attached hydrogens (tertiary/aromatic N) is 3. The van der Waals surface area contributed by atoms with E-state index in [-0.39, 0.29) is 17.5 Å². The first-order chi connectivity index (χ1) is 13.0. The summed E-state index contributed by atoms with van der Waals surface area (Å²) in [4.78, 5) is 28.9. The Bertz CT molecular complexity index is 1020. The lowest BCUT2D eigenvalue weighted by molar-refractivity contribution is -0.384. The van der Waals surface area contributed by atoms with Gasteiger partial charge < -0.3 is 5.32 Å². The number of nitro groups is 1. The molecule has 1 aliphatic heterocycles. The molecule has 0 bridgehead atoms. The fourth-order valence-electron chi connectivity index (χ4n) is 3.29. The van der Waals surface area contributed by atoms with E-state index in [0.717, 1.165) is 10.4 Å². The highest BCUT2D eigenvalue weighted by Gasteiger charge is 2.39. The summed E-state index contributed by atoms with van der Waals surface area (Å²) < 4.78 is 0. The summed E-state index contributed by atoms with van der Waals surface area (Å²) >= 11 is 1.58. The molecule has 136 valence electrons. The summed E-state index contributed by atoms with van der Waals surface area (Å²) in [5, 5.41) is 22.6. The summed E-state index contributed by atoms with van der Waals surface area (Å²) in [5.41, 5.74) is 2.04. The number of carbonyl (C=O) groups excluding carboxylic acids is 1. The Balaban J connectivity index is 1.66. The summed E-state index contributed by atoms with van der Waals surface area (Å²) in [6.45, 7) is 1.82. The number of aromatic nitrogens is 2. The first-order valence-corrected chi connectivity index (χ1v) is 9.09. The van der Waals surface area contributed by atoms with Gasteiger partial charge in [0.05, 0.1) is 17.0 Å². The zero-order chi connectivity index (χ0) is 19.0. The van der Waals surface area contributed by atoms with Gasteiger partial charge in [0.2, 0.25) is 5.91 Å². The molecule has 2 atom stereocenters. The molecule has 2 N–H and O–H groups in total. The van der Waals surface area contributed by atoms with Crippen LogP contribution < -0.4 is 5.32 Å². The van der Waals surface area contributed by atoms with Gasteiger partial charge in [0.25, 0.3) is 5.69 Å². The largest absolute Gasteiger partial charge is 0.325 e. The van der Waals surface area contributed by atoms with E-state index in [4.69, 9.17) is 0 Å². The van der Waals surface area contributed by atoms with Crippen LogP contribution in [0.3, 0.4) is 0 Å². The van der Waals surface area contributed by atoms with Crippen molar-refractivity contribution in [3.8, 4) is 0 Å². The number of non-ortho nitro benzene ring substituents is 1. The number of hydrogen-bond acceptors (Lipinski definition) is 6. The average Bonchev–Trinajstić information content (AvgIpc) is 3.32. The highest BCUT2D eigenvalue weighted by atomic mass is 32.1. The van der Waals surface area contributed by atoms with Crippen molar-refractivity contribution >= 4 is 40.1 Å². The SMILES string of the molecule is CC1=Nc2[nH]ncc2C(c2cccs2)C1C(=O)Nc1ccc([N+](=O)[O-])cc1. The minimum Gasteiger partial charge on any atom is -0.325 e. The molecule has 1 aromatic carbocycles. The van der Waals surface area contributed by atoms with Crippen molar-refractivity contribution in [3.05, 3.63) is 68.5 Å². The Morgan fingerprint density at radius 1 is 1.30 bits per heavy atom. The van der Waals surface area contributed by atoms with E-state index in [0.29, 0.717) is 17.2 Å². The lowest BCUT2D eigenvalue weighted by Gasteiger charge is -2.28. The highest BCUT2D eigenvalue weighted by Crippen LogP contribution is 2.43. The summed E-state index contributed by atoms with van der Waals surface area (Å²) in [6.07, 6.45) is 1.71. The number of thiophene rings is 1. The van der Waals surface area contributed by atoms with Crippen LogP contribution in [0, 0.1) is 16.0 Å². The number of nitro benzene ring substituents is 1. The van der Waals surface area contributed by atoms with Crippen LogP contribution in [0.2, 0.25) is 0 Å². The quantitative estimate of drug-likeness (QED) is 0.527. The fourth-order valence-corrected chi connectivity index (χ4v) is 4.17. The number of hydrogen-bond donors (Lipinski definition) is 2. The van der Waals surface area contributed by atoms with Crippen LogP contribution in [-0.2, 0) is 4.79 Å². The Kier molecular flexibility index (Phi) is 4.28. The number of carbonyl (C=O) groups is 1. The molecule has 0 saturated heterocycles. The molecule has 0 spiro atoms. The molecular weight excluding hydrogens is 366 g/mol. The monoisotopic (exact) mass is 381 g/mol. The predicted octanol–water partition coefficient (Wildman–Crippen LogP) is 3.87. The van der Waals surface area contributed by atoms with Crippen molar-refractivity contribution in [3.63, 3.8) is 0 Å². The van der Waals surface area contributed by atoms with E-state index >= 15 is 0 Å². The lowest BCUT2D eigenvalue weighted by atomic mass is 9.80. The minimum atomic E-state index is -0.496. The maximum atomic E-state index is 13.1. The Morgan fingerprint density at radius 2 is 2.07 bits per heavy atom. The molecule has 27 heavy (non-hydrogen) atoms. The maximum absolute atomic E-state index is 13.1. The van der Waals surface area contributed by atoms with E-state index in [1.807, 2.05) is 24.4 Å². The van der Waals surface area contributed by atoms with Crippen molar-refractivity contribution in [2.75, 3.05) is 5.32 Å². The number of amides is 1. The first kappa shape index (κ1) is 17.1. The number of aliphatic imine (C=N–C) groups is 1. The van der Waals surface area contributed by atoms with Gasteiger partial charge in [-0.25, -0.2) is 4.99 Å². The predicted molar refractivity (Wildman–Crippen MR) is 103 cm³/mol. The highest BCUT2D eigenvalue weighted by molar-refractivity contribution is 7.10. The second-order valence-corrected chi connectivity index (χ2v) is 7.17. The van der Waals surface area contributed by atoms with Gasteiger partial charge in [0, 0.05) is 39.9 Å². The van der Waals surface area contributed by atoms with Crippen LogP contribution in [0.4, 0.5) is 17.2 Å². The van der Waals surface area contributed by atoms with E-state index in [2.05, 4.69) is 20.5 Å². The minimum absolute atomic E-state index is 0.0251. The summed E-state index contributed by atoms with van der Waals surface area (Å²) in [5.74, 6) is -0.223. The van der Waals surface area contributed by atoms with Crippen molar-refractivity contribution in [1.82, 2.24) is 10.2 Å². The molecule has 3 heterocycles. The van der Waals surface area contributed by atoms with Crippen LogP contribution in [0.25, 0.3) is 0 Å². The second kappa shape index (κ2) is 6.76. The van der Waals surface area contributed by atoms with Gasteiger partial charge in [-0.2, -0.15) is 5.10 Å². The van der Waals surface area contributed by atoms with Crippen molar-refractivity contribution in [2.45, 2.75) is 12.8 Å². The van der Waals surface area contributed by atoms with Crippen LogP contribution >= 0.6 is 11.3 Å². The molecule has 4 rings (SSSR count). The standard InChI is InChI=1S/C18H15N5O3S/c1-10-15(18(24)21-11-4-6-12(7-5-11)23(25)26)16(14-3-2-8-27-14)13-9-19-22-17(13)20-10/h2-9,15-16H,1H3,(H,19,22)(H,21,24). The Labute approximate surface area is 158 Å². The molecule has 0 aliphatic carbocycles. The third kappa shape index (κ3) is 3.13. The van der Waals surface area contributed by atoms with E-state index in [1.54, 1.807) is 17.5 Å². The zero-order valence-electron chi connectivity index (χ0n) is 14.2. The number of anilines is 1. The van der Waals surface area contributed by atoms with Crippen LogP contribution in [0.5, 0.6) is 0 Å². The van der Waals surface area contributed by atoms with Gasteiger partial charge in [-0.05, 0) is 30.5 Å². The molecule has 1 aliphatic rings. The van der Waals surface area contributed by atoms with E-state index in [9.17, 15) is 14.9 Å². The van der Waals surface area contributed by atoms with Gasteiger partial charge in [-0.1, -0.05) is 6.07 Å². The van der Waals surface area contributed by atoms with Crippen molar-refractivity contribution in [2.24, 2.45) is 10.9 Å². The van der Waals surface area contributed by atoms with E-state index in [1.165, 1.54) is 24.3 Å². The number of benzene rings is 1. The maximum Gasteiger partial charge on any atom is 0.269 e. The Morgan fingerprint density at radius 3 is 2.74 bits per heavy atom. The number of nitrogens with one attached hydrogen (secondary N) is 2. The lowest BCUT2D eigenvalue weighted by Crippen LogP contribution is -2.35. The fraction of sp³-hybridized carbons (Fsp3) is 0.167.